The van der Waals surface area contributed by atoms with E-state index in [4.69, 9.17) is 27.9 Å². The first-order chi connectivity index (χ1) is 10.3. The maximum absolute atomic E-state index is 6.23. The Morgan fingerprint density at radius 1 is 1.14 bits per heavy atom. The van der Waals surface area contributed by atoms with Crippen LogP contribution in [-0.4, -0.2) is 18.1 Å². The van der Waals surface area contributed by atoms with Gasteiger partial charge in [0.15, 0.2) is 5.75 Å². The Morgan fingerprint density at radius 2 is 1.86 bits per heavy atom. The van der Waals surface area contributed by atoms with Gasteiger partial charge in [0.1, 0.15) is 6.10 Å². The first-order valence-corrected chi connectivity index (χ1v) is 7.72. The van der Waals surface area contributed by atoms with E-state index in [0.29, 0.717) is 21.7 Å². The fourth-order valence-electron chi connectivity index (χ4n) is 2.65. The van der Waals surface area contributed by atoms with Crippen molar-refractivity contribution >= 4 is 23.2 Å². The molecule has 0 aliphatic carbocycles. The van der Waals surface area contributed by atoms with Crippen LogP contribution in [0.3, 0.4) is 0 Å². The van der Waals surface area contributed by atoms with Gasteiger partial charge in [-0.05, 0) is 42.8 Å². The van der Waals surface area contributed by atoms with Gasteiger partial charge >= 0.3 is 0 Å². The predicted octanol–water partition coefficient (Wildman–Crippen LogP) is 4.12. The number of rotatable bonds is 4. The molecule has 1 saturated heterocycles. The molecule has 0 unspecified atom stereocenters. The van der Waals surface area contributed by atoms with Gasteiger partial charge in [0.05, 0.1) is 10.0 Å². The molecule has 3 rings (SSSR count). The van der Waals surface area contributed by atoms with Crippen LogP contribution in [0, 0.1) is 5.92 Å². The summed E-state index contributed by atoms with van der Waals surface area (Å²) in [6, 6.07) is 9.36. The molecule has 0 saturated carbocycles. The smallest absolute Gasteiger partial charge is 0.157 e. The number of benzene rings is 1. The highest BCUT2D eigenvalue weighted by molar-refractivity contribution is 6.37. The van der Waals surface area contributed by atoms with Crippen LogP contribution in [0.1, 0.15) is 18.1 Å². The van der Waals surface area contributed by atoms with Crippen molar-refractivity contribution < 1.29 is 4.74 Å². The quantitative estimate of drug-likeness (QED) is 0.919. The van der Waals surface area contributed by atoms with Crippen LogP contribution in [0.2, 0.25) is 10.0 Å². The van der Waals surface area contributed by atoms with Crippen LogP contribution in [0.25, 0.3) is 0 Å². The molecule has 2 heterocycles. The molecular weight excluding hydrogens is 307 g/mol. The Hall–Kier alpha value is -1.29. The van der Waals surface area contributed by atoms with E-state index in [-0.39, 0.29) is 6.10 Å². The van der Waals surface area contributed by atoms with E-state index >= 15 is 0 Å². The zero-order valence-corrected chi connectivity index (χ0v) is 12.9. The SMILES string of the molecule is Clc1cccc(Cl)c1O[C@H](c1ccncc1)[C@@H]1CCNC1. The van der Waals surface area contributed by atoms with Crippen LogP contribution >= 0.6 is 23.2 Å². The number of nitrogens with one attached hydrogen (secondary N) is 1. The maximum atomic E-state index is 6.23. The molecule has 1 aliphatic heterocycles. The van der Waals surface area contributed by atoms with Crippen LogP contribution in [0.15, 0.2) is 42.7 Å². The van der Waals surface area contributed by atoms with Crippen molar-refractivity contribution in [3.63, 3.8) is 0 Å². The lowest BCUT2D eigenvalue weighted by Gasteiger charge is -2.25. The molecule has 5 heteroatoms. The third kappa shape index (κ3) is 3.31. The minimum atomic E-state index is -0.0830. The zero-order valence-electron chi connectivity index (χ0n) is 11.4. The molecule has 0 bridgehead atoms. The Bertz CT molecular complexity index is 580. The lowest BCUT2D eigenvalue weighted by atomic mass is 9.95. The second-order valence-electron chi connectivity index (χ2n) is 5.12. The Morgan fingerprint density at radius 3 is 2.48 bits per heavy atom. The third-order valence-corrected chi connectivity index (χ3v) is 4.32. The molecule has 21 heavy (non-hydrogen) atoms. The summed E-state index contributed by atoms with van der Waals surface area (Å²) in [4.78, 5) is 4.07. The van der Waals surface area contributed by atoms with Gasteiger partial charge in [-0.25, -0.2) is 0 Å². The lowest BCUT2D eigenvalue weighted by molar-refractivity contribution is 0.144. The number of nitrogens with zero attached hydrogens (tertiary/aromatic N) is 1. The first-order valence-electron chi connectivity index (χ1n) is 6.97. The number of halogens is 2. The van der Waals surface area contributed by atoms with Gasteiger partial charge in [-0.2, -0.15) is 0 Å². The third-order valence-electron chi connectivity index (χ3n) is 3.72. The van der Waals surface area contributed by atoms with Crippen molar-refractivity contribution in [2.75, 3.05) is 13.1 Å². The van der Waals surface area contributed by atoms with Gasteiger partial charge in [-0.3, -0.25) is 4.98 Å². The normalized spacial score (nSPS) is 19.4. The molecule has 1 aromatic carbocycles. The summed E-state index contributed by atoms with van der Waals surface area (Å²) in [5, 5.41) is 4.45. The highest BCUT2D eigenvalue weighted by Crippen LogP contribution is 2.39. The zero-order chi connectivity index (χ0) is 14.7. The molecule has 0 amide bonds. The van der Waals surface area contributed by atoms with Crippen molar-refractivity contribution in [1.82, 2.24) is 10.3 Å². The van der Waals surface area contributed by atoms with Crippen molar-refractivity contribution in [2.45, 2.75) is 12.5 Å². The fraction of sp³-hybridized carbons (Fsp3) is 0.312. The van der Waals surface area contributed by atoms with Gasteiger partial charge in [-0.15, -0.1) is 0 Å². The van der Waals surface area contributed by atoms with Crippen molar-refractivity contribution in [2.24, 2.45) is 5.92 Å². The number of hydrogen-bond donors (Lipinski definition) is 1. The topological polar surface area (TPSA) is 34.1 Å². The molecule has 3 nitrogen and oxygen atoms in total. The second kappa shape index (κ2) is 6.65. The Balaban J connectivity index is 1.92. The van der Waals surface area contributed by atoms with E-state index in [9.17, 15) is 0 Å². The maximum Gasteiger partial charge on any atom is 0.157 e. The summed E-state index contributed by atoms with van der Waals surface area (Å²) in [7, 11) is 0. The highest BCUT2D eigenvalue weighted by atomic mass is 35.5. The van der Waals surface area contributed by atoms with Crippen LogP contribution < -0.4 is 10.1 Å². The average Bonchev–Trinajstić information content (AvgIpc) is 3.02. The largest absolute Gasteiger partial charge is 0.482 e. The standard InChI is InChI=1S/C16H16Cl2N2O/c17-13-2-1-3-14(18)16(13)21-15(12-6-9-20-10-12)11-4-7-19-8-5-11/h1-5,7-8,12,15,20H,6,9-10H2/t12-,15-/m1/s1. The molecule has 0 spiro atoms. The summed E-state index contributed by atoms with van der Waals surface area (Å²) < 4.78 is 6.21. The van der Waals surface area contributed by atoms with Crippen LogP contribution in [0.5, 0.6) is 5.75 Å². The summed E-state index contributed by atoms with van der Waals surface area (Å²) in [5.74, 6) is 0.939. The molecule has 1 fully saturated rings. The van der Waals surface area contributed by atoms with Gasteiger partial charge in [0, 0.05) is 24.9 Å². The van der Waals surface area contributed by atoms with E-state index < -0.39 is 0 Å². The second-order valence-corrected chi connectivity index (χ2v) is 5.94. The molecular formula is C16H16Cl2N2O. The van der Waals surface area contributed by atoms with Crippen LogP contribution in [0.4, 0.5) is 0 Å². The highest BCUT2D eigenvalue weighted by Gasteiger charge is 2.29. The molecule has 1 N–H and O–H groups in total. The minimum absolute atomic E-state index is 0.0830. The number of pyridine rings is 1. The van der Waals surface area contributed by atoms with Gasteiger partial charge < -0.3 is 10.1 Å². The van der Waals surface area contributed by atoms with E-state index in [0.717, 1.165) is 25.1 Å². The Kier molecular flexibility index (Phi) is 4.63. The monoisotopic (exact) mass is 322 g/mol. The summed E-state index contributed by atoms with van der Waals surface area (Å²) in [6.07, 6.45) is 4.54. The van der Waals surface area contributed by atoms with E-state index in [1.807, 2.05) is 18.2 Å². The van der Waals surface area contributed by atoms with Gasteiger partial charge in [0.2, 0.25) is 0 Å². The predicted molar refractivity (Wildman–Crippen MR) is 85.0 cm³/mol. The van der Waals surface area contributed by atoms with Gasteiger partial charge in [0.25, 0.3) is 0 Å². The van der Waals surface area contributed by atoms with E-state index in [1.165, 1.54) is 0 Å². The minimum Gasteiger partial charge on any atom is -0.482 e. The van der Waals surface area contributed by atoms with E-state index in [2.05, 4.69) is 10.3 Å². The summed E-state index contributed by atoms with van der Waals surface area (Å²) in [6.45, 7) is 1.93. The number of para-hydroxylation sites is 1. The molecule has 2 atom stereocenters. The van der Waals surface area contributed by atoms with Crippen LogP contribution in [-0.2, 0) is 0 Å². The molecule has 0 radical (unpaired) electrons. The summed E-state index contributed by atoms with van der Waals surface area (Å²) in [5.41, 5.74) is 1.09. The lowest BCUT2D eigenvalue weighted by Crippen LogP contribution is -2.21. The average molecular weight is 323 g/mol. The van der Waals surface area contributed by atoms with E-state index in [1.54, 1.807) is 24.5 Å². The number of hydrogen-bond acceptors (Lipinski definition) is 3. The first kappa shape index (κ1) is 14.6. The molecule has 1 aliphatic rings. The molecule has 2 aromatic rings. The molecule has 110 valence electrons. The van der Waals surface area contributed by atoms with Crippen molar-refractivity contribution in [3.05, 3.63) is 58.3 Å². The number of ether oxygens (including phenoxy) is 1. The van der Waals surface area contributed by atoms with Crippen molar-refractivity contribution in [3.8, 4) is 5.75 Å². The summed E-state index contributed by atoms with van der Waals surface area (Å²) >= 11 is 12.5. The number of aromatic nitrogens is 1. The fourth-order valence-corrected chi connectivity index (χ4v) is 3.13. The Labute approximate surface area is 134 Å². The molecule has 1 aromatic heterocycles. The van der Waals surface area contributed by atoms with Gasteiger partial charge in [-0.1, -0.05) is 29.3 Å². The van der Waals surface area contributed by atoms with Crippen molar-refractivity contribution in [1.29, 1.82) is 0 Å².